The Kier molecular flexibility index (Phi) is 2.40. The lowest BCUT2D eigenvalue weighted by Gasteiger charge is -2.10. The van der Waals surface area contributed by atoms with E-state index in [0.717, 1.165) is 34.9 Å². The van der Waals surface area contributed by atoms with Crippen LogP contribution in [0.5, 0.6) is 0 Å². The number of hydrogen-bond donors (Lipinski definition) is 0. The summed E-state index contributed by atoms with van der Waals surface area (Å²) in [5, 5.41) is 1.12. The monoisotopic (exact) mass is 246 g/mol. The first kappa shape index (κ1) is 10.7. The summed E-state index contributed by atoms with van der Waals surface area (Å²) in [5.74, 6) is 0.113. The molecular weight excluding hydrogens is 232 g/mol. The highest BCUT2D eigenvalue weighted by Gasteiger charge is 2.35. The molecular formula is C13H14N2OS. The number of fused-ring (bicyclic) bond motifs is 1. The number of rotatable bonds is 2. The second-order valence-electron chi connectivity index (χ2n) is 4.25. The average molecular weight is 246 g/mol. The Hall–Kier alpha value is -1.42. The Morgan fingerprint density at radius 3 is 2.65 bits per heavy atom. The van der Waals surface area contributed by atoms with Crippen molar-refractivity contribution in [1.82, 2.24) is 4.90 Å². The molecule has 1 aromatic rings. The molecule has 2 heterocycles. The van der Waals surface area contributed by atoms with E-state index in [1.807, 2.05) is 37.6 Å². The number of hydrogen-bond acceptors (Lipinski definition) is 3. The number of carbonyl (C=O) groups is 1. The standard InChI is InChI=1S/C13H14N2OS/c1-14-10-6-4-3-5-9(10)11(12(14)16)13(17-2)15-7-8-15/h3-6H,7-8H2,1-2H3/b13-11+. The number of benzene rings is 1. The van der Waals surface area contributed by atoms with Gasteiger partial charge in [0.25, 0.3) is 5.91 Å². The molecule has 4 heteroatoms. The van der Waals surface area contributed by atoms with Gasteiger partial charge in [0.1, 0.15) is 0 Å². The smallest absolute Gasteiger partial charge is 0.261 e. The van der Waals surface area contributed by atoms with E-state index in [1.54, 1.807) is 16.7 Å². The molecule has 88 valence electrons. The van der Waals surface area contributed by atoms with Crippen LogP contribution in [0.25, 0.3) is 5.57 Å². The van der Waals surface area contributed by atoms with Gasteiger partial charge in [0.05, 0.1) is 16.3 Å². The Balaban J connectivity index is 2.20. The van der Waals surface area contributed by atoms with E-state index < -0.39 is 0 Å². The van der Waals surface area contributed by atoms with Gasteiger partial charge in [-0.25, -0.2) is 0 Å². The molecule has 1 aromatic carbocycles. The fraction of sp³-hybridized carbons (Fsp3) is 0.308. The van der Waals surface area contributed by atoms with Crippen LogP contribution in [0.2, 0.25) is 0 Å². The van der Waals surface area contributed by atoms with E-state index >= 15 is 0 Å². The minimum atomic E-state index is 0.113. The molecule has 0 aliphatic carbocycles. The van der Waals surface area contributed by atoms with Gasteiger partial charge in [0, 0.05) is 25.7 Å². The van der Waals surface area contributed by atoms with Crippen LogP contribution in [0.4, 0.5) is 5.69 Å². The van der Waals surface area contributed by atoms with Crippen molar-refractivity contribution in [2.75, 3.05) is 31.3 Å². The summed E-state index contributed by atoms with van der Waals surface area (Å²) >= 11 is 1.67. The predicted molar refractivity (Wildman–Crippen MR) is 71.9 cm³/mol. The first-order chi connectivity index (χ1) is 8.24. The maximum Gasteiger partial charge on any atom is 0.261 e. The van der Waals surface area contributed by atoms with Crippen LogP contribution in [-0.2, 0) is 4.79 Å². The maximum atomic E-state index is 12.3. The molecule has 0 atom stereocenters. The number of amides is 1. The van der Waals surface area contributed by atoms with Crippen LogP contribution < -0.4 is 4.90 Å². The quantitative estimate of drug-likeness (QED) is 0.589. The molecule has 3 rings (SSSR count). The van der Waals surface area contributed by atoms with Crippen LogP contribution in [0.3, 0.4) is 0 Å². The molecule has 0 radical (unpaired) electrons. The summed E-state index contributed by atoms with van der Waals surface area (Å²) in [6.45, 7) is 2.14. The minimum absolute atomic E-state index is 0.113. The van der Waals surface area contributed by atoms with Gasteiger partial charge in [0.2, 0.25) is 0 Å². The zero-order chi connectivity index (χ0) is 12.0. The van der Waals surface area contributed by atoms with Gasteiger partial charge in [-0.3, -0.25) is 4.79 Å². The highest BCUT2D eigenvalue weighted by Crippen LogP contribution is 2.41. The molecule has 0 spiro atoms. The number of nitrogens with zero attached hydrogens (tertiary/aromatic N) is 2. The van der Waals surface area contributed by atoms with E-state index in [0.29, 0.717) is 0 Å². The highest BCUT2D eigenvalue weighted by molar-refractivity contribution is 8.02. The van der Waals surface area contributed by atoms with Crippen LogP contribution in [0.15, 0.2) is 29.3 Å². The van der Waals surface area contributed by atoms with Crippen LogP contribution in [0, 0.1) is 0 Å². The van der Waals surface area contributed by atoms with Gasteiger partial charge in [-0.1, -0.05) is 18.2 Å². The summed E-state index contributed by atoms with van der Waals surface area (Å²) in [4.78, 5) is 16.3. The molecule has 1 saturated heterocycles. The van der Waals surface area contributed by atoms with Crippen LogP contribution >= 0.6 is 11.8 Å². The summed E-state index contributed by atoms with van der Waals surface area (Å²) in [6, 6.07) is 8.00. The topological polar surface area (TPSA) is 23.3 Å². The molecule has 0 unspecified atom stereocenters. The lowest BCUT2D eigenvalue weighted by Crippen LogP contribution is -2.21. The second kappa shape index (κ2) is 3.81. The summed E-state index contributed by atoms with van der Waals surface area (Å²) in [5.41, 5.74) is 2.95. The Bertz CT molecular complexity index is 520. The summed E-state index contributed by atoms with van der Waals surface area (Å²) in [7, 11) is 1.84. The second-order valence-corrected chi connectivity index (χ2v) is 5.05. The van der Waals surface area contributed by atoms with Crippen molar-refractivity contribution in [3.63, 3.8) is 0 Å². The molecule has 0 N–H and O–H groups in total. The molecule has 0 aromatic heterocycles. The third-order valence-corrected chi connectivity index (χ3v) is 4.04. The summed E-state index contributed by atoms with van der Waals surface area (Å²) in [6.07, 6.45) is 2.04. The van der Waals surface area contributed by atoms with Crippen molar-refractivity contribution in [1.29, 1.82) is 0 Å². The third-order valence-electron chi connectivity index (χ3n) is 3.19. The highest BCUT2D eigenvalue weighted by atomic mass is 32.2. The maximum absolute atomic E-state index is 12.3. The van der Waals surface area contributed by atoms with Crippen LogP contribution in [0.1, 0.15) is 5.56 Å². The number of carbonyl (C=O) groups excluding carboxylic acids is 1. The van der Waals surface area contributed by atoms with Crippen molar-refractivity contribution in [3.8, 4) is 0 Å². The number of para-hydroxylation sites is 1. The Morgan fingerprint density at radius 2 is 2.00 bits per heavy atom. The summed E-state index contributed by atoms with van der Waals surface area (Å²) < 4.78 is 0. The predicted octanol–water partition coefficient (Wildman–Crippen LogP) is 2.01. The molecule has 0 saturated carbocycles. The number of thioether (sulfide) groups is 1. The Morgan fingerprint density at radius 1 is 1.29 bits per heavy atom. The van der Waals surface area contributed by atoms with E-state index in [2.05, 4.69) is 4.90 Å². The van der Waals surface area contributed by atoms with Crippen LogP contribution in [-0.4, -0.2) is 37.2 Å². The van der Waals surface area contributed by atoms with E-state index in [4.69, 9.17) is 0 Å². The lowest BCUT2D eigenvalue weighted by molar-refractivity contribution is -0.112. The number of anilines is 1. The molecule has 17 heavy (non-hydrogen) atoms. The average Bonchev–Trinajstić information content (AvgIpc) is 3.15. The van der Waals surface area contributed by atoms with E-state index in [1.165, 1.54) is 0 Å². The SMILES string of the molecule is CS/C(=C1/C(=O)N(C)c2ccccc21)N1CC1. The molecule has 2 aliphatic rings. The molecule has 1 fully saturated rings. The fourth-order valence-corrected chi connectivity index (χ4v) is 3.06. The van der Waals surface area contributed by atoms with Gasteiger partial charge in [-0.2, -0.15) is 0 Å². The lowest BCUT2D eigenvalue weighted by atomic mass is 10.1. The molecule has 0 bridgehead atoms. The van der Waals surface area contributed by atoms with Gasteiger partial charge < -0.3 is 9.80 Å². The van der Waals surface area contributed by atoms with E-state index in [-0.39, 0.29) is 5.91 Å². The molecule has 1 amide bonds. The first-order valence-electron chi connectivity index (χ1n) is 5.64. The van der Waals surface area contributed by atoms with E-state index in [9.17, 15) is 4.79 Å². The zero-order valence-corrected chi connectivity index (χ0v) is 10.8. The molecule has 3 nitrogen and oxygen atoms in total. The molecule has 2 aliphatic heterocycles. The Labute approximate surface area is 105 Å². The largest absolute Gasteiger partial charge is 0.362 e. The zero-order valence-electron chi connectivity index (χ0n) is 9.93. The number of likely N-dealkylation sites (N-methyl/N-ethyl adjacent to an activating group) is 1. The van der Waals surface area contributed by atoms with Gasteiger partial charge in [-0.15, -0.1) is 11.8 Å². The fourth-order valence-electron chi connectivity index (χ4n) is 2.22. The first-order valence-corrected chi connectivity index (χ1v) is 6.87. The van der Waals surface area contributed by atoms with Crippen molar-refractivity contribution >= 4 is 28.9 Å². The van der Waals surface area contributed by atoms with Gasteiger partial charge in [-0.05, 0) is 12.3 Å². The van der Waals surface area contributed by atoms with Crippen molar-refractivity contribution < 1.29 is 4.79 Å². The van der Waals surface area contributed by atoms with Crippen molar-refractivity contribution in [3.05, 3.63) is 34.9 Å². The van der Waals surface area contributed by atoms with Crippen molar-refractivity contribution in [2.24, 2.45) is 0 Å². The van der Waals surface area contributed by atoms with Gasteiger partial charge in [0.15, 0.2) is 0 Å². The minimum Gasteiger partial charge on any atom is -0.362 e. The third kappa shape index (κ3) is 1.55. The van der Waals surface area contributed by atoms with Gasteiger partial charge >= 0.3 is 0 Å². The normalized spacial score (nSPS) is 20.7. The van der Waals surface area contributed by atoms with Crippen molar-refractivity contribution in [2.45, 2.75) is 0 Å².